The van der Waals surface area contributed by atoms with Gasteiger partial charge in [0.2, 0.25) is 11.9 Å². The monoisotopic (exact) mass is 453 g/mol. The third-order valence-corrected chi connectivity index (χ3v) is 7.09. The molecule has 3 fully saturated rings. The van der Waals surface area contributed by atoms with Crippen LogP contribution in [0.1, 0.15) is 43.4 Å². The van der Waals surface area contributed by atoms with Crippen molar-refractivity contribution in [2.75, 3.05) is 44.2 Å². The van der Waals surface area contributed by atoms with Crippen molar-refractivity contribution in [3.8, 4) is 0 Å². The van der Waals surface area contributed by atoms with Crippen molar-refractivity contribution < 1.29 is 13.9 Å². The van der Waals surface area contributed by atoms with Gasteiger partial charge in [-0.1, -0.05) is 12.1 Å². The molecular formula is C25H32FN5O2. The summed E-state index contributed by atoms with van der Waals surface area (Å²) in [5.74, 6) is 0.590. The number of nitrogens with zero attached hydrogens (tertiary/aromatic N) is 5. The van der Waals surface area contributed by atoms with Crippen LogP contribution in [0.4, 0.5) is 10.3 Å². The average Bonchev–Trinajstić information content (AvgIpc) is 3.30. The summed E-state index contributed by atoms with van der Waals surface area (Å²) in [6.07, 6.45) is 7.12. The fraction of sp³-hybridized carbons (Fsp3) is 0.560. The lowest BCUT2D eigenvalue weighted by Crippen LogP contribution is -2.54. The number of likely N-dealkylation sites (tertiary alicyclic amines) is 1. The SMILES string of the molecule is O=C1COC2(CCCN(Cc3ccnc(N4CCCC4)n3)CC2)CN1Cc1ccc(F)cc1. The number of benzene rings is 1. The second-order valence-electron chi connectivity index (χ2n) is 9.52. The Morgan fingerprint density at radius 3 is 2.61 bits per heavy atom. The van der Waals surface area contributed by atoms with Crippen molar-refractivity contribution in [3.63, 3.8) is 0 Å². The largest absolute Gasteiger partial charge is 0.363 e. The van der Waals surface area contributed by atoms with E-state index in [0.717, 1.165) is 69.2 Å². The maximum Gasteiger partial charge on any atom is 0.248 e. The first-order chi connectivity index (χ1) is 16.1. The summed E-state index contributed by atoms with van der Waals surface area (Å²) in [5, 5.41) is 0. The van der Waals surface area contributed by atoms with Crippen LogP contribution in [-0.2, 0) is 22.6 Å². The van der Waals surface area contributed by atoms with Gasteiger partial charge in [0.25, 0.3) is 0 Å². The molecule has 3 saturated heterocycles. The van der Waals surface area contributed by atoms with Crippen LogP contribution in [0.2, 0.25) is 0 Å². The van der Waals surface area contributed by atoms with Gasteiger partial charge in [-0.15, -0.1) is 0 Å². The van der Waals surface area contributed by atoms with Gasteiger partial charge < -0.3 is 14.5 Å². The lowest BCUT2D eigenvalue weighted by Gasteiger charge is -2.42. The van der Waals surface area contributed by atoms with E-state index in [4.69, 9.17) is 9.72 Å². The average molecular weight is 454 g/mol. The zero-order valence-electron chi connectivity index (χ0n) is 19.1. The summed E-state index contributed by atoms with van der Waals surface area (Å²) in [7, 11) is 0. The Hall–Kier alpha value is -2.58. The van der Waals surface area contributed by atoms with Crippen molar-refractivity contribution >= 4 is 11.9 Å². The smallest absolute Gasteiger partial charge is 0.248 e. The summed E-state index contributed by atoms with van der Waals surface area (Å²) < 4.78 is 19.4. The van der Waals surface area contributed by atoms with Crippen LogP contribution in [0.15, 0.2) is 36.5 Å². The minimum atomic E-state index is -0.310. The lowest BCUT2D eigenvalue weighted by molar-refractivity contribution is -0.166. The van der Waals surface area contributed by atoms with Gasteiger partial charge in [0.15, 0.2) is 0 Å². The number of rotatable bonds is 5. The molecule has 5 rings (SSSR count). The molecule has 0 radical (unpaired) electrons. The number of anilines is 1. The molecular weight excluding hydrogens is 421 g/mol. The van der Waals surface area contributed by atoms with Gasteiger partial charge in [-0.3, -0.25) is 9.69 Å². The molecule has 1 amide bonds. The van der Waals surface area contributed by atoms with E-state index in [-0.39, 0.29) is 23.9 Å². The molecule has 7 nitrogen and oxygen atoms in total. The molecule has 1 aromatic heterocycles. The Kier molecular flexibility index (Phi) is 6.55. The molecule has 2 aromatic rings. The van der Waals surface area contributed by atoms with Gasteiger partial charge >= 0.3 is 0 Å². The van der Waals surface area contributed by atoms with Crippen LogP contribution in [0, 0.1) is 5.82 Å². The molecule has 1 unspecified atom stereocenters. The Morgan fingerprint density at radius 1 is 0.970 bits per heavy atom. The predicted octanol–water partition coefficient (Wildman–Crippen LogP) is 3.00. The number of aromatic nitrogens is 2. The van der Waals surface area contributed by atoms with Gasteiger partial charge in [0.05, 0.1) is 17.8 Å². The van der Waals surface area contributed by atoms with Crippen LogP contribution in [0.3, 0.4) is 0 Å². The normalized spacial score (nSPS) is 24.5. The number of carbonyl (C=O) groups is 1. The van der Waals surface area contributed by atoms with E-state index in [1.165, 1.54) is 25.0 Å². The first-order valence-corrected chi connectivity index (χ1v) is 12.0. The number of halogens is 1. The highest BCUT2D eigenvalue weighted by Gasteiger charge is 2.40. The summed E-state index contributed by atoms with van der Waals surface area (Å²) in [6, 6.07) is 8.40. The Balaban J connectivity index is 1.21. The van der Waals surface area contributed by atoms with E-state index >= 15 is 0 Å². The highest BCUT2D eigenvalue weighted by atomic mass is 19.1. The summed E-state index contributed by atoms with van der Waals surface area (Å²) in [4.78, 5) is 28.4. The van der Waals surface area contributed by atoms with Crippen LogP contribution >= 0.6 is 0 Å². The third-order valence-electron chi connectivity index (χ3n) is 7.09. The zero-order chi connectivity index (χ0) is 22.7. The highest BCUT2D eigenvalue weighted by Crippen LogP contribution is 2.31. The second-order valence-corrected chi connectivity index (χ2v) is 9.52. The van der Waals surface area contributed by atoms with Crippen molar-refractivity contribution in [2.45, 2.75) is 50.8 Å². The van der Waals surface area contributed by atoms with Crippen LogP contribution in [-0.4, -0.2) is 70.6 Å². The van der Waals surface area contributed by atoms with E-state index in [9.17, 15) is 9.18 Å². The Labute approximate surface area is 194 Å². The van der Waals surface area contributed by atoms with Crippen molar-refractivity contribution in [1.29, 1.82) is 0 Å². The standard InChI is InChI=1S/C25H32FN5O2/c26-21-6-4-20(5-7-21)16-31-19-25(33-18-23(31)32)9-3-12-29(15-10-25)17-22-8-11-27-24(28-22)30-13-1-2-14-30/h4-8,11H,1-3,9-10,12-19H2. The number of ether oxygens (including phenoxy) is 1. The van der Waals surface area contributed by atoms with Gasteiger partial charge in [-0.25, -0.2) is 14.4 Å². The van der Waals surface area contributed by atoms with Crippen molar-refractivity contribution in [1.82, 2.24) is 19.8 Å². The number of amides is 1. The molecule has 3 aliphatic rings. The summed E-state index contributed by atoms with van der Waals surface area (Å²) >= 11 is 0. The Morgan fingerprint density at radius 2 is 1.79 bits per heavy atom. The highest BCUT2D eigenvalue weighted by molar-refractivity contribution is 5.78. The second kappa shape index (κ2) is 9.73. The molecule has 0 bridgehead atoms. The zero-order valence-corrected chi connectivity index (χ0v) is 19.1. The number of carbonyl (C=O) groups excluding carboxylic acids is 1. The topological polar surface area (TPSA) is 61.8 Å². The predicted molar refractivity (Wildman–Crippen MR) is 123 cm³/mol. The van der Waals surface area contributed by atoms with Crippen molar-refractivity contribution in [3.05, 3.63) is 53.6 Å². The van der Waals surface area contributed by atoms with Crippen LogP contribution < -0.4 is 4.90 Å². The minimum Gasteiger partial charge on any atom is -0.363 e. The molecule has 0 N–H and O–H groups in total. The molecule has 4 heterocycles. The first-order valence-electron chi connectivity index (χ1n) is 12.0. The molecule has 3 aliphatic heterocycles. The molecule has 1 atom stereocenters. The summed E-state index contributed by atoms with van der Waals surface area (Å²) in [6.45, 7) is 5.98. The van der Waals surface area contributed by atoms with Crippen molar-refractivity contribution in [2.24, 2.45) is 0 Å². The molecule has 1 spiro atoms. The first kappa shape index (κ1) is 22.2. The van der Waals surface area contributed by atoms with Crippen LogP contribution in [0.25, 0.3) is 0 Å². The lowest BCUT2D eigenvalue weighted by atomic mass is 9.92. The molecule has 0 aliphatic carbocycles. The van der Waals surface area contributed by atoms with Gasteiger partial charge in [0, 0.05) is 38.9 Å². The van der Waals surface area contributed by atoms with Gasteiger partial charge in [-0.2, -0.15) is 0 Å². The molecule has 176 valence electrons. The molecule has 8 heteroatoms. The third kappa shape index (κ3) is 5.33. The quantitative estimate of drug-likeness (QED) is 0.694. The molecule has 33 heavy (non-hydrogen) atoms. The fourth-order valence-corrected chi connectivity index (χ4v) is 5.20. The number of hydrogen-bond donors (Lipinski definition) is 0. The van der Waals surface area contributed by atoms with E-state index in [2.05, 4.69) is 14.8 Å². The molecule has 1 aromatic carbocycles. The minimum absolute atomic E-state index is 0.00137. The maximum atomic E-state index is 13.3. The van der Waals surface area contributed by atoms with Gasteiger partial charge in [0.1, 0.15) is 12.4 Å². The maximum absolute atomic E-state index is 13.3. The van der Waals surface area contributed by atoms with E-state index in [0.29, 0.717) is 13.1 Å². The number of hydrogen-bond acceptors (Lipinski definition) is 6. The van der Waals surface area contributed by atoms with E-state index in [1.807, 2.05) is 17.2 Å². The summed E-state index contributed by atoms with van der Waals surface area (Å²) in [5.41, 5.74) is 1.69. The van der Waals surface area contributed by atoms with Gasteiger partial charge in [-0.05, 0) is 62.4 Å². The fourth-order valence-electron chi connectivity index (χ4n) is 5.20. The number of morpholine rings is 1. The molecule has 0 saturated carbocycles. The Bertz CT molecular complexity index is 966. The van der Waals surface area contributed by atoms with Crippen LogP contribution in [0.5, 0.6) is 0 Å². The van der Waals surface area contributed by atoms with E-state index < -0.39 is 0 Å². The van der Waals surface area contributed by atoms with E-state index in [1.54, 1.807) is 12.1 Å².